The molecule has 0 bridgehead atoms. The number of hydrogen-bond donors (Lipinski definition) is 0. The van der Waals surface area contributed by atoms with Gasteiger partial charge in [0.15, 0.2) is 0 Å². The molecule has 1 atom stereocenters. The molecule has 1 aromatic rings. The standard InChI is InChI=1S/C13H12ClF3O2/c1-19-12(18)11(7-2-3-7)8-4-5-9(10(14)6-8)13(15,16)17/h4-7,11H,2-3H2,1H3. The molecule has 2 rings (SSSR count). The van der Waals surface area contributed by atoms with E-state index < -0.39 is 23.6 Å². The Kier molecular flexibility index (Phi) is 3.76. The first-order valence-electron chi connectivity index (χ1n) is 5.79. The number of esters is 1. The third-order valence-electron chi connectivity index (χ3n) is 3.21. The maximum Gasteiger partial charge on any atom is 0.417 e. The van der Waals surface area contributed by atoms with Crippen LogP contribution in [0.2, 0.25) is 5.02 Å². The van der Waals surface area contributed by atoms with E-state index in [-0.39, 0.29) is 10.9 Å². The summed E-state index contributed by atoms with van der Waals surface area (Å²) in [6.07, 6.45) is -2.74. The van der Waals surface area contributed by atoms with Gasteiger partial charge in [0, 0.05) is 0 Å². The van der Waals surface area contributed by atoms with Crippen molar-refractivity contribution >= 4 is 17.6 Å². The number of ether oxygens (including phenoxy) is 1. The first kappa shape index (κ1) is 14.2. The second-order valence-corrected chi connectivity index (χ2v) is 4.98. The number of rotatable bonds is 3. The van der Waals surface area contributed by atoms with Gasteiger partial charge in [0.1, 0.15) is 0 Å². The summed E-state index contributed by atoms with van der Waals surface area (Å²) >= 11 is 5.66. The molecule has 2 nitrogen and oxygen atoms in total. The Bertz CT molecular complexity index is 495. The largest absolute Gasteiger partial charge is 0.469 e. The first-order valence-corrected chi connectivity index (χ1v) is 6.17. The molecule has 6 heteroatoms. The Morgan fingerprint density at radius 1 is 1.42 bits per heavy atom. The maximum absolute atomic E-state index is 12.6. The zero-order chi connectivity index (χ0) is 14.2. The SMILES string of the molecule is COC(=O)C(c1ccc(C(F)(F)F)c(Cl)c1)C1CC1. The highest BCUT2D eigenvalue weighted by Crippen LogP contribution is 2.45. The van der Waals surface area contributed by atoms with E-state index >= 15 is 0 Å². The molecular formula is C13H12ClF3O2. The molecule has 104 valence electrons. The van der Waals surface area contributed by atoms with Crippen LogP contribution in [0.3, 0.4) is 0 Å². The highest BCUT2D eigenvalue weighted by atomic mass is 35.5. The van der Waals surface area contributed by atoms with E-state index in [4.69, 9.17) is 16.3 Å². The lowest BCUT2D eigenvalue weighted by atomic mass is 9.93. The van der Waals surface area contributed by atoms with Gasteiger partial charge in [0.25, 0.3) is 0 Å². The molecule has 1 unspecified atom stereocenters. The van der Waals surface area contributed by atoms with Gasteiger partial charge < -0.3 is 4.74 Å². The quantitative estimate of drug-likeness (QED) is 0.786. The minimum Gasteiger partial charge on any atom is -0.469 e. The minimum absolute atomic E-state index is 0.139. The number of benzene rings is 1. The average molecular weight is 293 g/mol. The normalized spacial score (nSPS) is 17.1. The lowest BCUT2D eigenvalue weighted by molar-refractivity contribution is -0.143. The molecule has 1 fully saturated rings. The van der Waals surface area contributed by atoms with Crippen LogP contribution >= 0.6 is 11.6 Å². The van der Waals surface area contributed by atoms with Crippen molar-refractivity contribution < 1.29 is 22.7 Å². The van der Waals surface area contributed by atoms with Gasteiger partial charge in [-0.2, -0.15) is 13.2 Å². The molecular weight excluding hydrogens is 281 g/mol. The molecule has 0 heterocycles. The predicted molar refractivity (Wildman–Crippen MR) is 63.9 cm³/mol. The van der Waals surface area contributed by atoms with Crippen LogP contribution in [0, 0.1) is 5.92 Å². The average Bonchev–Trinajstić information content (AvgIpc) is 3.12. The predicted octanol–water partition coefficient (Wildman–Crippen LogP) is 4.03. The van der Waals surface area contributed by atoms with Gasteiger partial charge in [-0.3, -0.25) is 4.79 Å². The summed E-state index contributed by atoms with van der Waals surface area (Å²) in [5.41, 5.74) is -0.412. The van der Waals surface area contributed by atoms with Crippen LogP contribution < -0.4 is 0 Å². The molecule has 0 amide bonds. The maximum atomic E-state index is 12.6. The van der Waals surface area contributed by atoms with Crippen LogP contribution in [0.15, 0.2) is 18.2 Å². The summed E-state index contributed by atoms with van der Waals surface area (Å²) in [7, 11) is 1.27. The molecule has 1 aromatic carbocycles. The molecule has 19 heavy (non-hydrogen) atoms. The fraction of sp³-hybridized carbons (Fsp3) is 0.462. The van der Waals surface area contributed by atoms with Crippen molar-refractivity contribution in [2.75, 3.05) is 7.11 Å². The number of halogens is 4. The number of hydrogen-bond acceptors (Lipinski definition) is 2. The molecule has 1 aliphatic rings. The monoisotopic (exact) mass is 292 g/mol. The van der Waals surface area contributed by atoms with Gasteiger partial charge in [0.05, 0.1) is 23.6 Å². The summed E-state index contributed by atoms with van der Waals surface area (Å²) in [5, 5.41) is -0.389. The van der Waals surface area contributed by atoms with Gasteiger partial charge in [-0.15, -0.1) is 0 Å². The number of alkyl halides is 3. The summed E-state index contributed by atoms with van der Waals surface area (Å²) < 4.78 is 42.5. The van der Waals surface area contributed by atoms with Crippen LogP contribution in [-0.4, -0.2) is 13.1 Å². The van der Waals surface area contributed by atoms with Gasteiger partial charge in [-0.25, -0.2) is 0 Å². The van der Waals surface area contributed by atoms with E-state index in [2.05, 4.69) is 0 Å². The molecule has 0 spiro atoms. The van der Waals surface area contributed by atoms with Crippen molar-refractivity contribution in [3.8, 4) is 0 Å². The van der Waals surface area contributed by atoms with Gasteiger partial charge in [-0.1, -0.05) is 17.7 Å². The Labute approximate surface area is 113 Å². The lowest BCUT2D eigenvalue weighted by Crippen LogP contribution is -2.17. The summed E-state index contributed by atoms with van der Waals surface area (Å²) in [6.45, 7) is 0. The van der Waals surface area contributed by atoms with E-state index in [9.17, 15) is 18.0 Å². The molecule has 0 radical (unpaired) electrons. The number of carbonyl (C=O) groups excluding carboxylic acids is 1. The number of carbonyl (C=O) groups is 1. The highest BCUT2D eigenvalue weighted by Gasteiger charge is 2.39. The first-order chi connectivity index (χ1) is 8.84. The van der Waals surface area contributed by atoms with Crippen molar-refractivity contribution in [3.05, 3.63) is 34.3 Å². The van der Waals surface area contributed by atoms with Gasteiger partial charge in [0.2, 0.25) is 0 Å². The lowest BCUT2D eigenvalue weighted by Gasteiger charge is -2.16. The van der Waals surface area contributed by atoms with Crippen LogP contribution in [0.5, 0.6) is 0 Å². The van der Waals surface area contributed by atoms with Crippen LogP contribution in [0.25, 0.3) is 0 Å². The fourth-order valence-corrected chi connectivity index (χ4v) is 2.41. The second kappa shape index (κ2) is 5.04. The number of methoxy groups -OCH3 is 1. The third-order valence-corrected chi connectivity index (χ3v) is 3.52. The van der Waals surface area contributed by atoms with Crippen LogP contribution in [-0.2, 0) is 15.7 Å². The molecule has 0 aliphatic heterocycles. The van der Waals surface area contributed by atoms with Crippen LogP contribution in [0.4, 0.5) is 13.2 Å². The zero-order valence-electron chi connectivity index (χ0n) is 10.1. The fourth-order valence-electron chi connectivity index (χ4n) is 2.11. The topological polar surface area (TPSA) is 26.3 Å². The second-order valence-electron chi connectivity index (χ2n) is 4.58. The zero-order valence-corrected chi connectivity index (χ0v) is 10.9. The van der Waals surface area contributed by atoms with E-state index in [0.717, 1.165) is 18.9 Å². The molecule has 0 aromatic heterocycles. The smallest absolute Gasteiger partial charge is 0.417 e. The van der Waals surface area contributed by atoms with Crippen molar-refractivity contribution in [1.29, 1.82) is 0 Å². The van der Waals surface area contributed by atoms with E-state index in [1.807, 2.05) is 0 Å². The van der Waals surface area contributed by atoms with Crippen molar-refractivity contribution in [1.82, 2.24) is 0 Å². The third kappa shape index (κ3) is 3.03. The van der Waals surface area contributed by atoms with Gasteiger partial charge in [-0.05, 0) is 36.5 Å². The highest BCUT2D eigenvalue weighted by molar-refractivity contribution is 6.31. The van der Waals surface area contributed by atoms with Crippen molar-refractivity contribution in [3.63, 3.8) is 0 Å². The van der Waals surface area contributed by atoms with Crippen LogP contribution in [0.1, 0.15) is 29.9 Å². The Morgan fingerprint density at radius 3 is 2.47 bits per heavy atom. The summed E-state index contributed by atoms with van der Waals surface area (Å²) in [4.78, 5) is 11.7. The van der Waals surface area contributed by atoms with E-state index in [0.29, 0.717) is 5.56 Å². The molecule has 0 saturated heterocycles. The van der Waals surface area contributed by atoms with Gasteiger partial charge >= 0.3 is 12.1 Å². The van der Waals surface area contributed by atoms with E-state index in [1.54, 1.807) is 0 Å². The van der Waals surface area contributed by atoms with Crippen molar-refractivity contribution in [2.45, 2.75) is 24.9 Å². The summed E-state index contributed by atoms with van der Waals surface area (Å²) in [5.74, 6) is -0.816. The summed E-state index contributed by atoms with van der Waals surface area (Å²) in [6, 6.07) is 3.43. The van der Waals surface area contributed by atoms with Crippen molar-refractivity contribution in [2.24, 2.45) is 5.92 Å². The Balaban J connectivity index is 2.35. The Morgan fingerprint density at radius 2 is 2.05 bits per heavy atom. The molecule has 1 saturated carbocycles. The van der Waals surface area contributed by atoms with E-state index in [1.165, 1.54) is 19.2 Å². The minimum atomic E-state index is -4.49. The Hall–Kier alpha value is -1.23. The molecule has 1 aliphatic carbocycles. The molecule has 0 N–H and O–H groups in total.